The Labute approximate surface area is 208 Å². The van der Waals surface area contributed by atoms with Gasteiger partial charge in [-0.15, -0.1) is 0 Å². The average molecular weight is 497 g/mol. The molecule has 4 rings (SSSR count). The van der Waals surface area contributed by atoms with Crippen LogP contribution in [-0.4, -0.2) is 43.4 Å². The Morgan fingerprint density at radius 1 is 1.13 bits per heavy atom. The topological polar surface area (TPSA) is 110 Å². The van der Waals surface area contributed by atoms with Crippen molar-refractivity contribution in [1.29, 1.82) is 0 Å². The molecule has 0 aliphatic rings. The Balaban J connectivity index is 0.00000117. The number of nitrogens with one attached hydrogen (secondary N) is 2. The Kier molecular flexibility index (Phi) is 11.6. The number of aromatic nitrogens is 4. The first-order valence-electron chi connectivity index (χ1n) is 9.38. The first-order valence-corrected chi connectivity index (χ1v) is 9.38. The van der Waals surface area contributed by atoms with Gasteiger partial charge in [0.05, 0.1) is 6.20 Å². The van der Waals surface area contributed by atoms with Crippen molar-refractivity contribution in [2.75, 3.05) is 23.5 Å². The van der Waals surface area contributed by atoms with Crippen LogP contribution < -0.4 is 10.2 Å². The maximum absolute atomic E-state index is 9.54. The van der Waals surface area contributed by atoms with Crippen LogP contribution in [0.5, 0.6) is 0 Å². The summed E-state index contributed by atoms with van der Waals surface area (Å²) < 4.78 is 0. The third-order valence-corrected chi connectivity index (χ3v) is 4.47. The van der Waals surface area contributed by atoms with Crippen LogP contribution in [0.3, 0.4) is 0 Å². The molecule has 0 aliphatic carbocycles. The van der Waals surface area contributed by atoms with Crippen molar-refractivity contribution in [2.45, 2.75) is 19.9 Å². The molecular formula is C22H28N6O2Y-2. The van der Waals surface area contributed by atoms with Gasteiger partial charge in [0.15, 0.2) is 5.65 Å². The molecule has 4 N–H and O–H groups in total. The van der Waals surface area contributed by atoms with E-state index in [1.54, 1.807) is 6.20 Å². The van der Waals surface area contributed by atoms with E-state index >= 15 is 0 Å². The average Bonchev–Trinajstić information content (AvgIpc) is 3.25. The maximum Gasteiger partial charge on any atom is 0.182 e. The summed E-state index contributed by atoms with van der Waals surface area (Å²) in [6.45, 7) is 3.38. The SMILES string of the molecule is CCCN(CO)c1ccc2ncc(NCc3ccc4cc[nH]c4c3)nc2n1.[CH2-]O.[CH3-].[Y]. The standard InChI is InChI=1S/C20H22N6O.CH3O.CH3.Y/c1-2-9-26(13-27)19-6-5-16-20(25-19)24-18(12-22-16)23-11-14-3-4-15-7-8-21-17(15)10-14;1-2;;/h3-8,10,12,21,27H,2,9,11,13H2,1H3,(H,23,24,25);2H,1H2;1H3;/q;2*-1;. The van der Waals surface area contributed by atoms with Gasteiger partial charge in [0.2, 0.25) is 0 Å². The second-order valence-electron chi connectivity index (χ2n) is 6.43. The van der Waals surface area contributed by atoms with Crippen LogP contribution in [0.4, 0.5) is 11.6 Å². The molecule has 0 unspecified atom stereocenters. The number of aliphatic hydroxyl groups is 2. The summed E-state index contributed by atoms with van der Waals surface area (Å²) in [5, 5.41) is 20.8. The fraction of sp³-hybridized carbons (Fsp3) is 0.227. The molecule has 1 aromatic carbocycles. The number of aliphatic hydroxyl groups excluding tert-OH is 2. The molecular weight excluding hydrogens is 469 g/mol. The minimum absolute atomic E-state index is 0. The normalized spacial score (nSPS) is 9.94. The van der Waals surface area contributed by atoms with E-state index in [1.807, 2.05) is 23.2 Å². The molecule has 0 saturated carbocycles. The van der Waals surface area contributed by atoms with Crippen LogP contribution in [0.1, 0.15) is 18.9 Å². The van der Waals surface area contributed by atoms with Gasteiger partial charge in [-0.05, 0) is 41.6 Å². The summed E-state index contributed by atoms with van der Waals surface area (Å²) in [6, 6.07) is 12.1. The van der Waals surface area contributed by atoms with Crippen LogP contribution in [-0.2, 0) is 39.3 Å². The van der Waals surface area contributed by atoms with Gasteiger partial charge in [-0.25, -0.2) is 22.1 Å². The smallest absolute Gasteiger partial charge is 0.182 e. The van der Waals surface area contributed by atoms with Gasteiger partial charge >= 0.3 is 0 Å². The van der Waals surface area contributed by atoms with Crippen molar-refractivity contribution in [1.82, 2.24) is 19.9 Å². The van der Waals surface area contributed by atoms with Crippen LogP contribution in [0.25, 0.3) is 22.1 Å². The molecule has 4 aromatic rings. The monoisotopic (exact) mass is 497 g/mol. The molecule has 0 saturated heterocycles. The molecule has 163 valence electrons. The molecule has 0 spiro atoms. The molecule has 1 radical (unpaired) electrons. The Morgan fingerprint density at radius 3 is 2.68 bits per heavy atom. The zero-order chi connectivity index (χ0) is 20.6. The number of rotatable bonds is 7. The zero-order valence-electron chi connectivity index (χ0n) is 17.9. The summed E-state index contributed by atoms with van der Waals surface area (Å²) in [7, 11) is 2.25. The Morgan fingerprint density at radius 2 is 1.94 bits per heavy atom. The minimum atomic E-state index is -0.0705. The number of nitrogens with zero attached hydrogens (tertiary/aromatic N) is 4. The first-order chi connectivity index (χ1) is 14.3. The van der Waals surface area contributed by atoms with Crippen molar-refractivity contribution < 1.29 is 42.9 Å². The van der Waals surface area contributed by atoms with Crippen LogP contribution >= 0.6 is 0 Å². The van der Waals surface area contributed by atoms with Crippen molar-refractivity contribution in [2.24, 2.45) is 0 Å². The van der Waals surface area contributed by atoms with Crippen LogP contribution in [0.15, 0.2) is 48.8 Å². The molecule has 0 atom stereocenters. The molecule has 31 heavy (non-hydrogen) atoms. The summed E-state index contributed by atoms with van der Waals surface area (Å²) in [6.07, 6.45) is 4.58. The van der Waals surface area contributed by atoms with Gasteiger partial charge in [-0.1, -0.05) is 19.1 Å². The van der Waals surface area contributed by atoms with E-state index in [-0.39, 0.29) is 46.9 Å². The van der Waals surface area contributed by atoms with E-state index in [0.29, 0.717) is 23.8 Å². The number of hydrogen-bond donors (Lipinski definition) is 4. The summed E-state index contributed by atoms with van der Waals surface area (Å²) in [5.74, 6) is 1.38. The predicted octanol–water partition coefficient (Wildman–Crippen LogP) is 3.88. The van der Waals surface area contributed by atoms with Crippen molar-refractivity contribution in [3.63, 3.8) is 0 Å². The Hall–Kier alpha value is -2.13. The summed E-state index contributed by atoms with van der Waals surface area (Å²) in [4.78, 5) is 18.6. The number of aromatic amines is 1. The predicted molar refractivity (Wildman–Crippen MR) is 121 cm³/mol. The van der Waals surface area contributed by atoms with Crippen molar-refractivity contribution >= 4 is 33.7 Å². The molecule has 3 aromatic heterocycles. The zero-order valence-corrected chi connectivity index (χ0v) is 20.8. The van der Waals surface area contributed by atoms with Crippen molar-refractivity contribution in [3.8, 4) is 0 Å². The molecule has 3 heterocycles. The summed E-state index contributed by atoms with van der Waals surface area (Å²) >= 11 is 0. The van der Waals surface area contributed by atoms with Crippen molar-refractivity contribution in [3.05, 3.63) is 68.9 Å². The quantitative estimate of drug-likeness (QED) is 0.227. The van der Waals surface area contributed by atoms with E-state index in [2.05, 4.69) is 63.6 Å². The maximum atomic E-state index is 9.54. The molecule has 8 nitrogen and oxygen atoms in total. The summed E-state index contributed by atoms with van der Waals surface area (Å²) in [5.41, 5.74) is 3.56. The largest absolute Gasteiger partial charge is 0.569 e. The molecule has 0 fully saturated rings. The third-order valence-electron chi connectivity index (χ3n) is 4.47. The number of benzene rings is 1. The van der Waals surface area contributed by atoms with Gasteiger partial charge in [-0.2, -0.15) is 0 Å². The van der Waals surface area contributed by atoms with E-state index in [9.17, 15) is 5.11 Å². The number of H-pyrrole nitrogens is 1. The van der Waals surface area contributed by atoms with Crippen LogP contribution in [0.2, 0.25) is 0 Å². The molecule has 9 heteroatoms. The third kappa shape index (κ3) is 6.67. The molecule has 0 aliphatic heterocycles. The van der Waals surface area contributed by atoms with E-state index < -0.39 is 0 Å². The van der Waals surface area contributed by atoms with Gasteiger partial charge < -0.3 is 32.8 Å². The van der Waals surface area contributed by atoms with Gasteiger partial charge in [-0.3, -0.25) is 0 Å². The van der Waals surface area contributed by atoms with Gasteiger partial charge in [0.25, 0.3) is 0 Å². The number of anilines is 2. The minimum Gasteiger partial charge on any atom is -0.569 e. The van der Waals surface area contributed by atoms with E-state index in [1.165, 1.54) is 5.39 Å². The van der Waals surface area contributed by atoms with Gasteiger partial charge in [0, 0.05) is 57.5 Å². The van der Waals surface area contributed by atoms with Crippen LogP contribution in [0, 0.1) is 14.5 Å². The number of fused-ring (bicyclic) bond motifs is 2. The number of pyridine rings is 1. The number of hydrogen-bond acceptors (Lipinski definition) is 7. The van der Waals surface area contributed by atoms with Gasteiger partial charge in [0.1, 0.15) is 23.9 Å². The fourth-order valence-electron chi connectivity index (χ4n) is 3.07. The second-order valence-corrected chi connectivity index (χ2v) is 6.43. The van der Waals surface area contributed by atoms with E-state index in [0.717, 1.165) is 29.6 Å². The Bertz CT molecular complexity index is 1070. The first kappa shape index (κ1) is 26.9. The van der Waals surface area contributed by atoms with E-state index in [4.69, 9.17) is 5.11 Å². The molecule has 0 amide bonds. The molecule has 0 bridgehead atoms. The second kappa shape index (κ2) is 13.3. The fourth-order valence-corrected chi connectivity index (χ4v) is 3.07.